The van der Waals surface area contributed by atoms with Crippen molar-refractivity contribution in [3.63, 3.8) is 0 Å². The molecule has 1 rings (SSSR count). The van der Waals surface area contributed by atoms with Crippen molar-refractivity contribution in [3.8, 4) is 0 Å². The standard InChI is InChI=1S/C19H38N2O2/c22-17-13-8-6-4-2-1-3-5-7-12-16-20-19(23)21-18-14-10-9-11-15-18/h18,22H,1-17H2,(H2,20,21,23). The molecule has 4 heteroatoms. The van der Waals surface area contributed by atoms with Crippen LogP contribution in [0.15, 0.2) is 0 Å². The van der Waals surface area contributed by atoms with Crippen molar-refractivity contribution >= 4 is 6.03 Å². The highest BCUT2D eigenvalue weighted by Gasteiger charge is 2.14. The number of aliphatic hydroxyl groups excluding tert-OH is 1. The van der Waals surface area contributed by atoms with E-state index in [1.54, 1.807) is 0 Å². The van der Waals surface area contributed by atoms with Gasteiger partial charge in [-0.2, -0.15) is 0 Å². The Kier molecular flexibility index (Phi) is 13.0. The zero-order valence-electron chi connectivity index (χ0n) is 15.0. The molecule has 1 aliphatic carbocycles. The molecule has 1 fully saturated rings. The summed E-state index contributed by atoms with van der Waals surface area (Å²) >= 11 is 0. The fourth-order valence-electron chi connectivity index (χ4n) is 3.34. The number of rotatable bonds is 13. The van der Waals surface area contributed by atoms with E-state index in [1.165, 1.54) is 70.6 Å². The van der Waals surface area contributed by atoms with Crippen LogP contribution in [0.4, 0.5) is 4.79 Å². The number of carbonyl (C=O) groups excluding carboxylic acids is 1. The van der Waals surface area contributed by atoms with E-state index < -0.39 is 0 Å². The Morgan fingerprint density at radius 3 is 1.87 bits per heavy atom. The maximum Gasteiger partial charge on any atom is 0.315 e. The third-order valence-corrected chi connectivity index (χ3v) is 4.81. The summed E-state index contributed by atoms with van der Waals surface area (Å²) in [6.07, 6.45) is 18.4. The van der Waals surface area contributed by atoms with Gasteiger partial charge in [-0.25, -0.2) is 4.79 Å². The van der Waals surface area contributed by atoms with Gasteiger partial charge >= 0.3 is 6.03 Å². The summed E-state index contributed by atoms with van der Waals surface area (Å²) in [5.41, 5.74) is 0. The first-order chi connectivity index (χ1) is 11.3. The number of hydrogen-bond donors (Lipinski definition) is 3. The van der Waals surface area contributed by atoms with Crippen LogP contribution in [0.5, 0.6) is 0 Å². The highest BCUT2D eigenvalue weighted by Crippen LogP contribution is 2.17. The topological polar surface area (TPSA) is 61.4 Å². The molecule has 1 aliphatic rings. The SMILES string of the molecule is O=C(NCCCCCCCCCCCCO)NC1CCCCC1. The normalized spacial score (nSPS) is 15.5. The zero-order valence-corrected chi connectivity index (χ0v) is 15.0. The van der Waals surface area contributed by atoms with Gasteiger partial charge in [0.2, 0.25) is 0 Å². The van der Waals surface area contributed by atoms with Gasteiger partial charge in [0.1, 0.15) is 0 Å². The largest absolute Gasteiger partial charge is 0.396 e. The molecule has 0 unspecified atom stereocenters. The van der Waals surface area contributed by atoms with E-state index >= 15 is 0 Å². The van der Waals surface area contributed by atoms with Crippen LogP contribution in [-0.4, -0.2) is 30.3 Å². The Morgan fingerprint density at radius 1 is 0.783 bits per heavy atom. The smallest absolute Gasteiger partial charge is 0.315 e. The average molecular weight is 327 g/mol. The second kappa shape index (κ2) is 14.8. The minimum atomic E-state index is 0.0276. The quantitative estimate of drug-likeness (QED) is 0.436. The van der Waals surface area contributed by atoms with Crippen molar-refractivity contribution in [2.24, 2.45) is 0 Å². The third-order valence-electron chi connectivity index (χ3n) is 4.81. The van der Waals surface area contributed by atoms with Crippen molar-refractivity contribution in [1.82, 2.24) is 10.6 Å². The third kappa shape index (κ3) is 12.3. The second-order valence-electron chi connectivity index (χ2n) is 6.99. The molecule has 0 saturated heterocycles. The number of amides is 2. The fraction of sp³-hybridized carbons (Fsp3) is 0.947. The van der Waals surface area contributed by atoms with E-state index in [4.69, 9.17) is 5.11 Å². The summed E-state index contributed by atoms with van der Waals surface area (Å²) in [7, 11) is 0. The molecular weight excluding hydrogens is 288 g/mol. The lowest BCUT2D eigenvalue weighted by atomic mass is 9.96. The highest BCUT2D eigenvalue weighted by atomic mass is 16.2. The van der Waals surface area contributed by atoms with Crippen LogP contribution < -0.4 is 10.6 Å². The summed E-state index contributed by atoms with van der Waals surface area (Å²) in [6.45, 7) is 1.15. The Labute approximate surface area is 142 Å². The molecule has 1 saturated carbocycles. The van der Waals surface area contributed by atoms with E-state index in [0.29, 0.717) is 12.6 Å². The Hall–Kier alpha value is -0.770. The molecule has 0 heterocycles. The summed E-state index contributed by atoms with van der Waals surface area (Å²) in [6, 6.07) is 0.431. The molecule has 0 atom stereocenters. The first-order valence-corrected chi connectivity index (χ1v) is 9.98. The van der Waals surface area contributed by atoms with E-state index in [0.717, 1.165) is 32.2 Å². The highest BCUT2D eigenvalue weighted by molar-refractivity contribution is 5.74. The summed E-state index contributed by atoms with van der Waals surface area (Å²) < 4.78 is 0. The predicted octanol–water partition coefficient (Wildman–Crippen LogP) is 4.51. The van der Waals surface area contributed by atoms with Crippen molar-refractivity contribution in [2.75, 3.05) is 13.2 Å². The van der Waals surface area contributed by atoms with Crippen LogP contribution in [-0.2, 0) is 0 Å². The Balaban J connectivity index is 1.77. The maximum absolute atomic E-state index is 11.8. The van der Waals surface area contributed by atoms with Crippen LogP contribution >= 0.6 is 0 Å². The second-order valence-corrected chi connectivity index (χ2v) is 6.99. The minimum absolute atomic E-state index is 0.0276. The van der Waals surface area contributed by atoms with Crippen molar-refractivity contribution in [1.29, 1.82) is 0 Å². The van der Waals surface area contributed by atoms with E-state index in [2.05, 4.69) is 10.6 Å². The molecule has 4 nitrogen and oxygen atoms in total. The molecule has 2 amide bonds. The lowest BCUT2D eigenvalue weighted by Gasteiger charge is -2.22. The first-order valence-electron chi connectivity index (χ1n) is 9.98. The summed E-state index contributed by atoms with van der Waals surface area (Å²) in [5.74, 6) is 0. The van der Waals surface area contributed by atoms with Gasteiger partial charge in [0.25, 0.3) is 0 Å². The molecule has 0 radical (unpaired) electrons. The molecule has 0 spiro atoms. The van der Waals surface area contributed by atoms with Crippen molar-refractivity contribution < 1.29 is 9.90 Å². The van der Waals surface area contributed by atoms with Gasteiger partial charge in [-0.1, -0.05) is 70.6 Å². The number of unbranched alkanes of at least 4 members (excludes halogenated alkanes) is 9. The van der Waals surface area contributed by atoms with Crippen LogP contribution in [0, 0.1) is 0 Å². The number of hydrogen-bond acceptors (Lipinski definition) is 2. The average Bonchev–Trinajstić information content (AvgIpc) is 2.57. The van der Waals surface area contributed by atoms with Gasteiger partial charge in [-0.05, 0) is 25.7 Å². The van der Waals surface area contributed by atoms with Gasteiger partial charge in [-0.15, -0.1) is 0 Å². The van der Waals surface area contributed by atoms with Crippen LogP contribution in [0.1, 0.15) is 96.3 Å². The minimum Gasteiger partial charge on any atom is -0.396 e. The van der Waals surface area contributed by atoms with E-state index in [1.807, 2.05) is 0 Å². The molecule has 0 aromatic rings. The molecule has 0 aromatic heterocycles. The van der Waals surface area contributed by atoms with E-state index in [-0.39, 0.29) is 6.03 Å². The molecule has 23 heavy (non-hydrogen) atoms. The monoisotopic (exact) mass is 326 g/mol. The molecule has 136 valence electrons. The van der Waals surface area contributed by atoms with Crippen LogP contribution in [0.25, 0.3) is 0 Å². The van der Waals surface area contributed by atoms with Gasteiger partial charge < -0.3 is 15.7 Å². The zero-order chi connectivity index (χ0) is 16.6. The first kappa shape index (κ1) is 20.3. The number of aliphatic hydroxyl groups is 1. The van der Waals surface area contributed by atoms with Gasteiger partial charge in [0.05, 0.1) is 0 Å². The van der Waals surface area contributed by atoms with E-state index in [9.17, 15) is 4.79 Å². The number of carbonyl (C=O) groups is 1. The van der Waals surface area contributed by atoms with Gasteiger partial charge in [0, 0.05) is 19.2 Å². The molecule has 0 aromatic carbocycles. The van der Waals surface area contributed by atoms with Gasteiger partial charge in [0.15, 0.2) is 0 Å². The molecular formula is C19H38N2O2. The maximum atomic E-state index is 11.8. The van der Waals surface area contributed by atoms with Gasteiger partial charge in [-0.3, -0.25) is 0 Å². The summed E-state index contributed by atoms with van der Waals surface area (Å²) in [4.78, 5) is 11.8. The Morgan fingerprint density at radius 2 is 1.30 bits per heavy atom. The number of urea groups is 1. The fourth-order valence-corrected chi connectivity index (χ4v) is 3.34. The van der Waals surface area contributed by atoms with Crippen molar-refractivity contribution in [3.05, 3.63) is 0 Å². The summed E-state index contributed by atoms with van der Waals surface area (Å²) in [5, 5.41) is 14.8. The number of nitrogens with one attached hydrogen (secondary N) is 2. The van der Waals surface area contributed by atoms with Crippen LogP contribution in [0.3, 0.4) is 0 Å². The predicted molar refractivity (Wildman–Crippen MR) is 96.7 cm³/mol. The lowest BCUT2D eigenvalue weighted by Crippen LogP contribution is -2.43. The molecule has 3 N–H and O–H groups in total. The molecule has 0 aliphatic heterocycles. The van der Waals surface area contributed by atoms with Crippen molar-refractivity contribution in [2.45, 2.75) is 102 Å². The van der Waals surface area contributed by atoms with Crippen LogP contribution in [0.2, 0.25) is 0 Å². The lowest BCUT2D eigenvalue weighted by molar-refractivity contribution is 0.232. The molecule has 0 bridgehead atoms. The Bertz CT molecular complexity index is 279.